The summed E-state index contributed by atoms with van der Waals surface area (Å²) in [7, 11) is 1.77. The van der Waals surface area contributed by atoms with E-state index in [9.17, 15) is 0 Å². The normalized spacial score (nSPS) is 14.2. The fourth-order valence-corrected chi connectivity index (χ4v) is 3.82. The summed E-state index contributed by atoms with van der Waals surface area (Å²) in [6.45, 7) is 4.58. The zero-order valence-corrected chi connectivity index (χ0v) is 13.8. The zero-order valence-electron chi connectivity index (χ0n) is 13.8. The maximum Gasteiger partial charge on any atom is 0.134 e. The molecule has 3 aromatic rings. The molecule has 1 aliphatic carbocycles. The molecular weight excluding hydrogens is 280 g/mol. The molecular formula is C22H20O. The average molecular weight is 300 g/mol. The summed E-state index contributed by atoms with van der Waals surface area (Å²) in [4.78, 5) is 0. The number of benzene rings is 3. The van der Waals surface area contributed by atoms with Gasteiger partial charge >= 0.3 is 0 Å². The predicted octanol–water partition coefficient (Wildman–Crippen LogP) is 5.67. The molecule has 0 fully saturated rings. The van der Waals surface area contributed by atoms with Crippen molar-refractivity contribution in [2.24, 2.45) is 0 Å². The summed E-state index contributed by atoms with van der Waals surface area (Å²) in [5.74, 6) is 0.978. The van der Waals surface area contributed by atoms with Crippen molar-refractivity contribution in [2.45, 2.75) is 19.3 Å². The van der Waals surface area contributed by atoms with E-state index in [4.69, 9.17) is 4.74 Å². The molecule has 3 aromatic carbocycles. The van der Waals surface area contributed by atoms with Gasteiger partial charge < -0.3 is 4.74 Å². The molecule has 0 saturated heterocycles. The first kappa shape index (κ1) is 14.1. The van der Waals surface area contributed by atoms with Crippen LogP contribution in [-0.4, -0.2) is 7.11 Å². The van der Waals surface area contributed by atoms with Crippen LogP contribution in [0.15, 0.2) is 66.7 Å². The van der Waals surface area contributed by atoms with Gasteiger partial charge in [0.25, 0.3) is 0 Å². The van der Waals surface area contributed by atoms with Crippen molar-refractivity contribution in [2.75, 3.05) is 7.11 Å². The van der Waals surface area contributed by atoms with Gasteiger partial charge in [0.2, 0.25) is 0 Å². The van der Waals surface area contributed by atoms with Gasteiger partial charge in [-0.1, -0.05) is 80.6 Å². The highest BCUT2D eigenvalue weighted by atomic mass is 16.5. The Morgan fingerprint density at radius 2 is 1.39 bits per heavy atom. The molecule has 0 spiro atoms. The third-order valence-electron chi connectivity index (χ3n) is 4.99. The van der Waals surface area contributed by atoms with Crippen molar-refractivity contribution in [3.63, 3.8) is 0 Å². The Kier molecular flexibility index (Phi) is 3.05. The minimum Gasteiger partial charge on any atom is -0.495 e. The Balaban J connectivity index is 2.06. The van der Waals surface area contributed by atoms with Crippen LogP contribution in [0.5, 0.6) is 5.75 Å². The lowest BCUT2D eigenvalue weighted by Crippen LogP contribution is -2.14. The largest absolute Gasteiger partial charge is 0.495 e. The Morgan fingerprint density at radius 1 is 0.696 bits per heavy atom. The van der Waals surface area contributed by atoms with Crippen LogP contribution in [0.25, 0.3) is 22.3 Å². The third kappa shape index (κ3) is 1.93. The van der Waals surface area contributed by atoms with Gasteiger partial charge in [0, 0.05) is 16.5 Å². The van der Waals surface area contributed by atoms with Crippen LogP contribution in [-0.2, 0) is 5.41 Å². The smallest absolute Gasteiger partial charge is 0.134 e. The van der Waals surface area contributed by atoms with Gasteiger partial charge in [-0.15, -0.1) is 0 Å². The highest BCUT2D eigenvalue weighted by Crippen LogP contribution is 2.54. The van der Waals surface area contributed by atoms with Crippen molar-refractivity contribution in [3.05, 3.63) is 77.9 Å². The quantitative estimate of drug-likeness (QED) is 0.592. The van der Waals surface area contributed by atoms with E-state index in [-0.39, 0.29) is 5.41 Å². The molecule has 1 nitrogen and oxygen atoms in total. The van der Waals surface area contributed by atoms with Crippen molar-refractivity contribution in [1.29, 1.82) is 0 Å². The highest BCUT2D eigenvalue weighted by molar-refractivity contribution is 5.91. The summed E-state index contributed by atoms with van der Waals surface area (Å²) < 4.78 is 5.89. The molecule has 0 aromatic heterocycles. The summed E-state index contributed by atoms with van der Waals surface area (Å²) >= 11 is 0. The Hall–Kier alpha value is -2.54. The molecule has 0 saturated carbocycles. The second-order valence-electron chi connectivity index (χ2n) is 6.61. The zero-order chi connectivity index (χ0) is 16.0. The topological polar surface area (TPSA) is 9.23 Å². The standard InChI is InChI=1S/C22H20O/c1-22(2)18-12-8-7-11-17(18)20-19(22)14-13-16(21(20)23-3)15-9-5-4-6-10-15/h4-14H,1-3H3. The monoisotopic (exact) mass is 300 g/mol. The third-order valence-corrected chi connectivity index (χ3v) is 4.99. The SMILES string of the molecule is COc1c(-c2ccccc2)ccc2c1-c1ccccc1C2(C)C. The van der Waals surface area contributed by atoms with E-state index in [0.717, 1.165) is 11.3 Å². The van der Waals surface area contributed by atoms with Crippen molar-refractivity contribution in [1.82, 2.24) is 0 Å². The van der Waals surface area contributed by atoms with E-state index in [0.29, 0.717) is 0 Å². The van der Waals surface area contributed by atoms with Crippen molar-refractivity contribution >= 4 is 0 Å². The number of methoxy groups -OCH3 is 1. The van der Waals surface area contributed by atoms with E-state index in [1.807, 2.05) is 6.07 Å². The number of ether oxygens (including phenoxy) is 1. The minimum atomic E-state index is 0.00836. The lowest BCUT2D eigenvalue weighted by atomic mass is 9.82. The highest BCUT2D eigenvalue weighted by Gasteiger charge is 2.37. The summed E-state index contributed by atoms with van der Waals surface area (Å²) in [6.07, 6.45) is 0. The minimum absolute atomic E-state index is 0.00836. The Bertz CT molecular complexity index is 876. The fraction of sp³-hybridized carbons (Fsp3) is 0.182. The molecule has 0 radical (unpaired) electrons. The van der Waals surface area contributed by atoms with Gasteiger partial charge in [-0.05, 0) is 22.3 Å². The van der Waals surface area contributed by atoms with Gasteiger partial charge in [0.1, 0.15) is 5.75 Å². The molecule has 0 heterocycles. The molecule has 1 aliphatic rings. The van der Waals surface area contributed by atoms with E-state index >= 15 is 0 Å². The van der Waals surface area contributed by atoms with Crippen LogP contribution in [0.1, 0.15) is 25.0 Å². The number of hydrogen-bond donors (Lipinski definition) is 0. The average Bonchev–Trinajstić information content (AvgIpc) is 2.83. The maximum atomic E-state index is 5.89. The van der Waals surface area contributed by atoms with E-state index < -0.39 is 0 Å². The molecule has 4 rings (SSSR count). The van der Waals surface area contributed by atoms with E-state index in [1.165, 1.54) is 27.8 Å². The van der Waals surface area contributed by atoms with Crippen LogP contribution in [0, 0.1) is 0 Å². The Morgan fingerprint density at radius 3 is 2.13 bits per heavy atom. The van der Waals surface area contributed by atoms with Gasteiger partial charge in [-0.3, -0.25) is 0 Å². The molecule has 23 heavy (non-hydrogen) atoms. The summed E-state index contributed by atoms with van der Waals surface area (Å²) in [6, 6.07) is 23.6. The van der Waals surface area contributed by atoms with Crippen LogP contribution >= 0.6 is 0 Å². The molecule has 0 atom stereocenters. The van der Waals surface area contributed by atoms with Crippen LogP contribution in [0.2, 0.25) is 0 Å². The Labute approximate surface area is 137 Å². The molecule has 0 N–H and O–H groups in total. The summed E-state index contributed by atoms with van der Waals surface area (Å²) in [5, 5.41) is 0. The van der Waals surface area contributed by atoms with Gasteiger partial charge in [0.15, 0.2) is 0 Å². The fourth-order valence-electron chi connectivity index (χ4n) is 3.82. The first-order valence-corrected chi connectivity index (χ1v) is 8.01. The molecule has 0 bridgehead atoms. The molecule has 0 aliphatic heterocycles. The van der Waals surface area contributed by atoms with Crippen LogP contribution in [0.4, 0.5) is 0 Å². The lowest BCUT2D eigenvalue weighted by molar-refractivity contribution is 0.417. The van der Waals surface area contributed by atoms with Gasteiger partial charge in [0.05, 0.1) is 7.11 Å². The van der Waals surface area contributed by atoms with Crippen molar-refractivity contribution in [3.8, 4) is 28.0 Å². The molecule has 0 unspecified atom stereocenters. The van der Waals surface area contributed by atoms with Gasteiger partial charge in [-0.25, -0.2) is 0 Å². The number of hydrogen-bond acceptors (Lipinski definition) is 1. The first-order chi connectivity index (χ1) is 11.1. The molecule has 0 amide bonds. The van der Waals surface area contributed by atoms with Crippen LogP contribution < -0.4 is 4.74 Å². The van der Waals surface area contributed by atoms with E-state index in [2.05, 4.69) is 74.5 Å². The van der Waals surface area contributed by atoms with Crippen molar-refractivity contribution < 1.29 is 4.74 Å². The number of rotatable bonds is 2. The van der Waals surface area contributed by atoms with Gasteiger partial charge in [-0.2, -0.15) is 0 Å². The predicted molar refractivity (Wildman–Crippen MR) is 96.0 cm³/mol. The second-order valence-corrected chi connectivity index (χ2v) is 6.61. The lowest BCUT2D eigenvalue weighted by Gasteiger charge is -2.22. The molecule has 1 heteroatoms. The first-order valence-electron chi connectivity index (χ1n) is 8.01. The summed E-state index contributed by atoms with van der Waals surface area (Å²) in [5.41, 5.74) is 7.60. The van der Waals surface area contributed by atoms with Crippen LogP contribution in [0.3, 0.4) is 0 Å². The van der Waals surface area contributed by atoms with E-state index in [1.54, 1.807) is 7.11 Å². The number of fused-ring (bicyclic) bond motifs is 3. The molecule has 114 valence electrons. The maximum absolute atomic E-state index is 5.89. The second kappa shape index (κ2) is 4.99.